The standard InChI is InChI=1S/C13H11NS/c1-8-6-10-9-4-2-3-5-12(9)15-13(10)7-11(8)14/h2-7H,14H2,1H3. The maximum Gasteiger partial charge on any atom is 0.0376 e. The van der Waals surface area contributed by atoms with Crippen LogP contribution in [0.15, 0.2) is 36.4 Å². The molecule has 3 aromatic rings. The van der Waals surface area contributed by atoms with Gasteiger partial charge in [0.2, 0.25) is 0 Å². The van der Waals surface area contributed by atoms with Crippen molar-refractivity contribution in [3.63, 3.8) is 0 Å². The third-order valence-electron chi connectivity index (χ3n) is 2.77. The first-order valence-electron chi connectivity index (χ1n) is 4.93. The number of fused-ring (bicyclic) bond motifs is 3. The quantitative estimate of drug-likeness (QED) is 0.562. The maximum absolute atomic E-state index is 5.91. The summed E-state index contributed by atoms with van der Waals surface area (Å²) in [7, 11) is 0. The zero-order valence-corrected chi connectivity index (χ0v) is 9.27. The summed E-state index contributed by atoms with van der Waals surface area (Å²) in [5.74, 6) is 0. The number of nitrogens with two attached hydrogens (primary N) is 1. The molecule has 0 atom stereocenters. The molecule has 2 aromatic carbocycles. The Kier molecular flexibility index (Phi) is 1.73. The van der Waals surface area contributed by atoms with Crippen molar-refractivity contribution in [3.8, 4) is 0 Å². The predicted molar refractivity (Wildman–Crippen MR) is 68.5 cm³/mol. The van der Waals surface area contributed by atoms with E-state index in [1.807, 2.05) is 0 Å². The molecule has 1 aromatic heterocycles. The van der Waals surface area contributed by atoms with Gasteiger partial charge < -0.3 is 5.73 Å². The Hall–Kier alpha value is -1.54. The van der Waals surface area contributed by atoms with Gasteiger partial charge in [-0.2, -0.15) is 0 Å². The SMILES string of the molecule is Cc1cc2c(cc1N)sc1ccccc12. The lowest BCUT2D eigenvalue weighted by Crippen LogP contribution is -1.87. The normalized spacial score (nSPS) is 11.3. The maximum atomic E-state index is 5.91. The Bertz CT molecular complexity index is 652. The van der Waals surface area contributed by atoms with Gasteiger partial charge in [-0.1, -0.05) is 18.2 Å². The molecule has 1 heterocycles. The molecule has 0 bridgehead atoms. The Morgan fingerprint density at radius 2 is 1.80 bits per heavy atom. The highest BCUT2D eigenvalue weighted by atomic mass is 32.1. The van der Waals surface area contributed by atoms with Gasteiger partial charge in [0.15, 0.2) is 0 Å². The van der Waals surface area contributed by atoms with E-state index in [2.05, 4.69) is 43.3 Å². The smallest absolute Gasteiger partial charge is 0.0376 e. The van der Waals surface area contributed by atoms with Crippen molar-refractivity contribution in [1.82, 2.24) is 0 Å². The molecular formula is C13H11NS. The molecule has 0 unspecified atom stereocenters. The first-order valence-corrected chi connectivity index (χ1v) is 5.75. The van der Waals surface area contributed by atoms with E-state index in [-0.39, 0.29) is 0 Å². The van der Waals surface area contributed by atoms with Crippen LogP contribution >= 0.6 is 11.3 Å². The monoisotopic (exact) mass is 213 g/mol. The summed E-state index contributed by atoms with van der Waals surface area (Å²) in [6, 6.07) is 12.8. The van der Waals surface area contributed by atoms with Crippen LogP contribution in [0, 0.1) is 6.92 Å². The van der Waals surface area contributed by atoms with Crippen molar-refractivity contribution in [2.75, 3.05) is 5.73 Å². The van der Waals surface area contributed by atoms with E-state index in [9.17, 15) is 0 Å². The first kappa shape index (κ1) is 8.74. The van der Waals surface area contributed by atoms with Crippen LogP contribution in [0.1, 0.15) is 5.56 Å². The molecule has 1 nitrogen and oxygen atoms in total. The minimum absolute atomic E-state index is 0.883. The van der Waals surface area contributed by atoms with Gasteiger partial charge in [-0.25, -0.2) is 0 Å². The van der Waals surface area contributed by atoms with Gasteiger partial charge >= 0.3 is 0 Å². The first-order chi connectivity index (χ1) is 7.25. The number of anilines is 1. The van der Waals surface area contributed by atoms with Crippen LogP contribution < -0.4 is 5.73 Å². The number of aryl methyl sites for hydroxylation is 1. The molecule has 3 rings (SSSR count). The van der Waals surface area contributed by atoms with E-state index in [1.165, 1.54) is 20.2 Å². The topological polar surface area (TPSA) is 26.0 Å². The van der Waals surface area contributed by atoms with Gasteiger partial charge in [-0.3, -0.25) is 0 Å². The second-order valence-corrected chi connectivity index (χ2v) is 4.89. The molecule has 15 heavy (non-hydrogen) atoms. The van der Waals surface area contributed by atoms with Crippen LogP contribution in [0.4, 0.5) is 5.69 Å². The zero-order chi connectivity index (χ0) is 10.4. The fraction of sp³-hybridized carbons (Fsp3) is 0.0769. The summed E-state index contributed by atoms with van der Waals surface area (Å²) in [6.45, 7) is 2.06. The minimum atomic E-state index is 0.883. The van der Waals surface area contributed by atoms with Gasteiger partial charge in [-0.05, 0) is 30.7 Å². The molecule has 0 saturated heterocycles. The van der Waals surface area contributed by atoms with E-state index in [1.54, 1.807) is 11.3 Å². The van der Waals surface area contributed by atoms with Crippen LogP contribution in [-0.4, -0.2) is 0 Å². The lowest BCUT2D eigenvalue weighted by atomic mass is 10.1. The summed E-state index contributed by atoms with van der Waals surface area (Å²) in [5.41, 5.74) is 7.96. The lowest BCUT2D eigenvalue weighted by molar-refractivity contribution is 1.51. The van der Waals surface area contributed by atoms with Gasteiger partial charge in [-0.15, -0.1) is 11.3 Å². The van der Waals surface area contributed by atoms with Crippen molar-refractivity contribution in [1.29, 1.82) is 0 Å². The van der Waals surface area contributed by atoms with Crippen molar-refractivity contribution in [2.24, 2.45) is 0 Å². The second kappa shape index (κ2) is 2.97. The number of thiophene rings is 1. The van der Waals surface area contributed by atoms with Crippen molar-refractivity contribution in [3.05, 3.63) is 42.0 Å². The highest BCUT2D eigenvalue weighted by molar-refractivity contribution is 7.25. The Balaban J connectivity index is 2.56. The Labute approximate surface area is 92.1 Å². The van der Waals surface area contributed by atoms with Crippen molar-refractivity contribution in [2.45, 2.75) is 6.92 Å². The molecule has 0 aliphatic heterocycles. The zero-order valence-electron chi connectivity index (χ0n) is 8.45. The van der Waals surface area contributed by atoms with Crippen LogP contribution in [0.2, 0.25) is 0 Å². The number of hydrogen-bond donors (Lipinski definition) is 1. The summed E-state index contributed by atoms with van der Waals surface area (Å²) >= 11 is 1.80. The highest BCUT2D eigenvalue weighted by Gasteiger charge is 2.05. The molecule has 0 aliphatic rings. The molecule has 74 valence electrons. The average molecular weight is 213 g/mol. The van der Waals surface area contributed by atoms with E-state index >= 15 is 0 Å². The summed E-state index contributed by atoms with van der Waals surface area (Å²) < 4.78 is 2.61. The Morgan fingerprint density at radius 1 is 1.00 bits per heavy atom. The van der Waals surface area contributed by atoms with Gasteiger partial charge in [0.05, 0.1) is 0 Å². The number of benzene rings is 2. The molecule has 0 saturated carbocycles. The molecule has 0 aliphatic carbocycles. The minimum Gasteiger partial charge on any atom is -0.398 e. The van der Waals surface area contributed by atoms with Crippen molar-refractivity contribution >= 4 is 37.2 Å². The lowest BCUT2D eigenvalue weighted by Gasteiger charge is -1.99. The highest BCUT2D eigenvalue weighted by Crippen LogP contribution is 2.35. The van der Waals surface area contributed by atoms with Crippen molar-refractivity contribution < 1.29 is 0 Å². The average Bonchev–Trinajstić information content (AvgIpc) is 2.57. The van der Waals surface area contributed by atoms with Crippen LogP contribution in [-0.2, 0) is 0 Å². The molecule has 0 fully saturated rings. The van der Waals surface area contributed by atoms with Crippen LogP contribution in [0.3, 0.4) is 0 Å². The molecule has 0 amide bonds. The molecule has 2 N–H and O–H groups in total. The van der Waals surface area contributed by atoms with Gasteiger partial charge in [0.25, 0.3) is 0 Å². The van der Waals surface area contributed by atoms with E-state index in [4.69, 9.17) is 5.73 Å². The largest absolute Gasteiger partial charge is 0.398 e. The molecule has 0 radical (unpaired) electrons. The number of nitrogen functional groups attached to an aromatic ring is 1. The van der Waals surface area contributed by atoms with E-state index in [0.29, 0.717) is 0 Å². The Morgan fingerprint density at radius 3 is 2.67 bits per heavy atom. The van der Waals surface area contributed by atoms with E-state index < -0.39 is 0 Å². The third kappa shape index (κ3) is 1.22. The van der Waals surface area contributed by atoms with Crippen LogP contribution in [0.25, 0.3) is 20.2 Å². The van der Waals surface area contributed by atoms with E-state index in [0.717, 1.165) is 11.3 Å². The predicted octanol–water partition coefficient (Wildman–Crippen LogP) is 3.95. The van der Waals surface area contributed by atoms with Gasteiger partial charge in [0, 0.05) is 25.9 Å². The summed E-state index contributed by atoms with van der Waals surface area (Å²) in [6.07, 6.45) is 0. The fourth-order valence-electron chi connectivity index (χ4n) is 1.90. The third-order valence-corrected chi connectivity index (χ3v) is 3.90. The molecule has 2 heteroatoms. The molecular weight excluding hydrogens is 202 g/mol. The molecule has 0 spiro atoms. The van der Waals surface area contributed by atoms with Crippen LogP contribution in [0.5, 0.6) is 0 Å². The summed E-state index contributed by atoms with van der Waals surface area (Å²) in [4.78, 5) is 0. The summed E-state index contributed by atoms with van der Waals surface area (Å²) in [5, 5.41) is 2.66. The fourth-order valence-corrected chi connectivity index (χ4v) is 3.03. The second-order valence-electron chi connectivity index (χ2n) is 3.80. The number of rotatable bonds is 0. The number of hydrogen-bond acceptors (Lipinski definition) is 2. The van der Waals surface area contributed by atoms with Gasteiger partial charge in [0.1, 0.15) is 0 Å².